The lowest BCUT2D eigenvalue weighted by atomic mass is 10.2. The molecule has 0 bridgehead atoms. The molecule has 2 N–H and O–H groups in total. The van der Waals surface area contributed by atoms with E-state index in [0.29, 0.717) is 23.3 Å². The lowest BCUT2D eigenvalue weighted by Crippen LogP contribution is -1.91. The topological polar surface area (TPSA) is 58.1 Å². The van der Waals surface area contributed by atoms with E-state index in [4.69, 9.17) is 21.4 Å². The smallest absolute Gasteiger partial charge is 0.153 e. The molecular weight excluding hydrogens is 240 g/mol. The minimum atomic E-state index is -0.156. The van der Waals surface area contributed by atoms with Gasteiger partial charge in [0.05, 0.1) is 18.9 Å². The second-order valence-electron chi connectivity index (χ2n) is 3.47. The monoisotopic (exact) mass is 252 g/mol. The Kier molecular flexibility index (Phi) is 3.66. The molecule has 0 saturated carbocycles. The summed E-state index contributed by atoms with van der Waals surface area (Å²) in [6.07, 6.45) is 0. The maximum Gasteiger partial charge on any atom is 0.153 e. The van der Waals surface area contributed by atoms with Crippen LogP contribution in [0.5, 0.6) is 5.75 Å². The van der Waals surface area contributed by atoms with E-state index in [2.05, 4.69) is 9.97 Å². The number of aliphatic hydroxyl groups is 1. The largest absolute Gasteiger partial charge is 0.494 e. The van der Waals surface area contributed by atoms with Gasteiger partial charge in [-0.15, -0.1) is 0 Å². The predicted molar refractivity (Wildman–Crippen MR) is 66.1 cm³/mol. The minimum absolute atomic E-state index is 0.156. The summed E-state index contributed by atoms with van der Waals surface area (Å²) in [5.41, 5.74) is 1.39. The summed E-state index contributed by atoms with van der Waals surface area (Å²) in [6.45, 7) is 2.39. The van der Waals surface area contributed by atoms with Crippen LogP contribution in [0.1, 0.15) is 12.6 Å². The maximum atomic E-state index is 9.04. The number of nitrogens with one attached hydrogen (secondary N) is 1. The van der Waals surface area contributed by atoms with E-state index >= 15 is 0 Å². The highest BCUT2D eigenvalue weighted by atomic mass is 35.5. The second kappa shape index (κ2) is 5.21. The van der Waals surface area contributed by atoms with Crippen LogP contribution in [0.25, 0.3) is 11.4 Å². The zero-order valence-electron chi connectivity index (χ0n) is 9.40. The van der Waals surface area contributed by atoms with E-state index in [1.165, 1.54) is 0 Å². The standard InChI is InChI=1S/C12H13ClN2O2/c1-2-17-9-5-3-4-8(6-9)12-14-10(7-16)11(13)15-12/h3-6,16H,2,7H2,1H3,(H,14,15). The lowest BCUT2D eigenvalue weighted by molar-refractivity contribution is 0.277. The number of imidazole rings is 1. The van der Waals surface area contributed by atoms with E-state index in [0.717, 1.165) is 11.3 Å². The molecule has 17 heavy (non-hydrogen) atoms. The van der Waals surface area contributed by atoms with E-state index < -0.39 is 0 Å². The minimum Gasteiger partial charge on any atom is -0.494 e. The van der Waals surface area contributed by atoms with Crippen LogP contribution >= 0.6 is 11.6 Å². The van der Waals surface area contributed by atoms with Crippen LogP contribution in [0, 0.1) is 0 Å². The Hall–Kier alpha value is -1.52. The zero-order chi connectivity index (χ0) is 12.3. The molecule has 0 aliphatic carbocycles. The zero-order valence-corrected chi connectivity index (χ0v) is 10.2. The summed E-state index contributed by atoms with van der Waals surface area (Å²) in [7, 11) is 0. The second-order valence-corrected chi connectivity index (χ2v) is 3.83. The molecule has 0 spiro atoms. The van der Waals surface area contributed by atoms with Crippen molar-refractivity contribution >= 4 is 11.6 Å². The molecule has 0 saturated heterocycles. The predicted octanol–water partition coefficient (Wildman–Crippen LogP) is 2.62. The van der Waals surface area contributed by atoms with Crippen molar-refractivity contribution in [2.45, 2.75) is 13.5 Å². The third-order valence-corrected chi connectivity index (χ3v) is 2.62. The highest BCUT2D eigenvalue weighted by molar-refractivity contribution is 6.30. The first-order chi connectivity index (χ1) is 8.24. The Morgan fingerprint density at radius 2 is 2.29 bits per heavy atom. The van der Waals surface area contributed by atoms with E-state index in [-0.39, 0.29) is 6.61 Å². The van der Waals surface area contributed by atoms with Gasteiger partial charge >= 0.3 is 0 Å². The molecule has 0 aliphatic rings. The van der Waals surface area contributed by atoms with Crippen LogP contribution in [0.4, 0.5) is 0 Å². The molecule has 4 nitrogen and oxygen atoms in total. The first-order valence-electron chi connectivity index (χ1n) is 5.33. The van der Waals surface area contributed by atoms with Crippen molar-refractivity contribution in [2.75, 3.05) is 6.61 Å². The van der Waals surface area contributed by atoms with Gasteiger partial charge in [0, 0.05) is 5.56 Å². The number of rotatable bonds is 4. The Bertz CT molecular complexity index is 511. The fraction of sp³-hybridized carbons (Fsp3) is 0.250. The van der Waals surface area contributed by atoms with Crippen LogP contribution in [-0.4, -0.2) is 21.7 Å². The molecule has 0 unspecified atom stereocenters. The molecule has 5 heteroatoms. The molecular formula is C12H13ClN2O2. The van der Waals surface area contributed by atoms with Crippen molar-refractivity contribution < 1.29 is 9.84 Å². The molecule has 0 amide bonds. The molecule has 1 aromatic carbocycles. The van der Waals surface area contributed by atoms with Crippen molar-refractivity contribution in [1.82, 2.24) is 9.97 Å². The average Bonchev–Trinajstić information content (AvgIpc) is 2.71. The highest BCUT2D eigenvalue weighted by Crippen LogP contribution is 2.24. The molecule has 0 aliphatic heterocycles. The fourth-order valence-electron chi connectivity index (χ4n) is 1.53. The Morgan fingerprint density at radius 1 is 1.47 bits per heavy atom. The molecule has 1 heterocycles. The quantitative estimate of drug-likeness (QED) is 0.879. The van der Waals surface area contributed by atoms with Crippen LogP contribution in [0.3, 0.4) is 0 Å². The van der Waals surface area contributed by atoms with Gasteiger partial charge in [-0.2, -0.15) is 0 Å². The average molecular weight is 253 g/mol. The normalized spacial score (nSPS) is 10.5. The van der Waals surface area contributed by atoms with Gasteiger partial charge in [0.25, 0.3) is 0 Å². The van der Waals surface area contributed by atoms with Gasteiger partial charge in [0.2, 0.25) is 0 Å². The summed E-state index contributed by atoms with van der Waals surface area (Å²) in [4.78, 5) is 7.12. The number of aromatic amines is 1. The van der Waals surface area contributed by atoms with Crippen molar-refractivity contribution in [3.05, 3.63) is 35.1 Å². The van der Waals surface area contributed by atoms with Gasteiger partial charge < -0.3 is 14.8 Å². The van der Waals surface area contributed by atoms with Crippen molar-refractivity contribution in [2.24, 2.45) is 0 Å². The Balaban J connectivity index is 2.34. The molecule has 0 fully saturated rings. The maximum absolute atomic E-state index is 9.04. The van der Waals surface area contributed by atoms with E-state index in [9.17, 15) is 0 Å². The van der Waals surface area contributed by atoms with Crippen LogP contribution < -0.4 is 4.74 Å². The summed E-state index contributed by atoms with van der Waals surface area (Å²) in [5, 5.41) is 9.33. The third kappa shape index (κ3) is 2.60. The van der Waals surface area contributed by atoms with Gasteiger partial charge in [-0.1, -0.05) is 23.7 Å². The molecule has 0 atom stereocenters. The number of benzene rings is 1. The van der Waals surface area contributed by atoms with Crippen LogP contribution in [0.15, 0.2) is 24.3 Å². The Morgan fingerprint density at radius 3 is 2.94 bits per heavy atom. The molecule has 2 rings (SSSR count). The number of ether oxygens (including phenoxy) is 1. The number of hydrogen-bond acceptors (Lipinski definition) is 3. The van der Waals surface area contributed by atoms with Gasteiger partial charge in [0.1, 0.15) is 11.6 Å². The molecule has 2 aromatic rings. The Labute approximate surface area is 104 Å². The number of hydrogen-bond donors (Lipinski definition) is 2. The number of aromatic nitrogens is 2. The third-order valence-electron chi connectivity index (χ3n) is 2.30. The number of nitrogens with zero attached hydrogens (tertiary/aromatic N) is 1. The molecule has 90 valence electrons. The first-order valence-corrected chi connectivity index (χ1v) is 5.71. The van der Waals surface area contributed by atoms with E-state index in [1.54, 1.807) is 0 Å². The summed E-state index contributed by atoms with van der Waals surface area (Å²) >= 11 is 5.86. The van der Waals surface area contributed by atoms with Gasteiger partial charge in [0.15, 0.2) is 5.15 Å². The highest BCUT2D eigenvalue weighted by Gasteiger charge is 2.09. The van der Waals surface area contributed by atoms with Gasteiger partial charge in [-0.25, -0.2) is 4.98 Å². The summed E-state index contributed by atoms with van der Waals surface area (Å²) < 4.78 is 5.41. The SMILES string of the molecule is CCOc1cccc(-c2nc(Cl)c(CO)[nH]2)c1. The van der Waals surface area contributed by atoms with Crippen molar-refractivity contribution in [3.8, 4) is 17.1 Å². The summed E-state index contributed by atoms with van der Waals surface area (Å²) in [6, 6.07) is 7.54. The first kappa shape index (κ1) is 12.0. The molecule has 1 aromatic heterocycles. The van der Waals surface area contributed by atoms with Crippen molar-refractivity contribution in [1.29, 1.82) is 0 Å². The van der Waals surface area contributed by atoms with E-state index in [1.807, 2.05) is 31.2 Å². The molecule has 0 radical (unpaired) electrons. The fourth-order valence-corrected chi connectivity index (χ4v) is 1.72. The number of halogens is 1. The van der Waals surface area contributed by atoms with Gasteiger partial charge in [-0.3, -0.25) is 0 Å². The summed E-state index contributed by atoms with van der Waals surface area (Å²) in [5.74, 6) is 1.41. The van der Waals surface area contributed by atoms with Gasteiger partial charge in [-0.05, 0) is 19.1 Å². The van der Waals surface area contributed by atoms with Crippen molar-refractivity contribution in [3.63, 3.8) is 0 Å². The number of H-pyrrole nitrogens is 1. The van der Waals surface area contributed by atoms with Crippen LogP contribution in [-0.2, 0) is 6.61 Å². The van der Waals surface area contributed by atoms with Crippen LogP contribution in [0.2, 0.25) is 5.15 Å². The lowest BCUT2D eigenvalue weighted by Gasteiger charge is -2.03. The number of aliphatic hydroxyl groups excluding tert-OH is 1.